The highest BCUT2D eigenvalue weighted by Gasteiger charge is 2.11. The van der Waals surface area contributed by atoms with E-state index in [2.05, 4.69) is 0 Å². The summed E-state index contributed by atoms with van der Waals surface area (Å²) in [5.74, 6) is -6.02. The van der Waals surface area contributed by atoms with E-state index in [1.54, 1.807) is 0 Å². The maximum absolute atomic E-state index is 10.7. The molecule has 1 aromatic rings. The largest absolute Gasteiger partial charge is 0.548 e. The average Bonchev–Trinajstić information content (AvgIpc) is 2.44. The Balaban J connectivity index is 3.01. The van der Waals surface area contributed by atoms with Gasteiger partial charge in [-0.05, 0) is 24.3 Å². The standard InChI is InChI=1S/C14H16N2O8/c17-11(18)5-15(6-12(19)20)9-1-2-10(4-3-9)16(7-13(21)22)8-14(23)24/h1-4H,5-8H2,(H,17,18)(H,19,20)(H,21,22)(H,23,24)/p-4. The Morgan fingerprint density at radius 1 is 0.583 bits per heavy atom. The van der Waals surface area contributed by atoms with Gasteiger partial charge in [0.2, 0.25) is 0 Å². The summed E-state index contributed by atoms with van der Waals surface area (Å²) in [5.41, 5.74) is 0.378. The molecule has 0 spiro atoms. The van der Waals surface area contributed by atoms with E-state index < -0.39 is 50.1 Å². The summed E-state index contributed by atoms with van der Waals surface area (Å²) in [6, 6.07) is 5.22. The summed E-state index contributed by atoms with van der Waals surface area (Å²) < 4.78 is 0. The number of rotatable bonds is 10. The van der Waals surface area contributed by atoms with Crippen LogP contribution in [-0.2, 0) is 19.2 Å². The van der Waals surface area contributed by atoms with Gasteiger partial charge in [-0.1, -0.05) is 0 Å². The topological polar surface area (TPSA) is 167 Å². The number of carbonyl (C=O) groups excluding carboxylic acids is 4. The maximum Gasteiger partial charge on any atom is 0.0608 e. The van der Waals surface area contributed by atoms with Crippen molar-refractivity contribution in [3.8, 4) is 0 Å². The molecular formula is C14H12N2O8-4. The first-order chi connectivity index (χ1) is 11.2. The minimum atomic E-state index is -1.50. The summed E-state index contributed by atoms with van der Waals surface area (Å²) in [4.78, 5) is 44.6. The van der Waals surface area contributed by atoms with Crippen LogP contribution in [0, 0.1) is 0 Å². The van der Waals surface area contributed by atoms with E-state index in [0.29, 0.717) is 0 Å². The van der Waals surface area contributed by atoms with Crippen LogP contribution in [-0.4, -0.2) is 50.1 Å². The van der Waals surface area contributed by atoms with Crippen molar-refractivity contribution in [1.29, 1.82) is 0 Å². The summed E-state index contributed by atoms with van der Waals surface area (Å²) in [5, 5.41) is 42.7. The van der Waals surface area contributed by atoms with Crippen molar-refractivity contribution in [2.24, 2.45) is 0 Å². The third-order valence-corrected chi connectivity index (χ3v) is 2.86. The van der Waals surface area contributed by atoms with Crippen LogP contribution in [0.5, 0.6) is 0 Å². The molecule has 0 aliphatic rings. The Morgan fingerprint density at radius 2 is 0.792 bits per heavy atom. The molecule has 130 valence electrons. The number of anilines is 2. The minimum absolute atomic E-state index is 0.189. The smallest absolute Gasteiger partial charge is 0.0608 e. The highest BCUT2D eigenvalue weighted by molar-refractivity contribution is 5.80. The molecule has 0 aliphatic carbocycles. The maximum atomic E-state index is 10.7. The van der Waals surface area contributed by atoms with E-state index in [1.807, 2.05) is 0 Å². The second kappa shape index (κ2) is 8.36. The van der Waals surface area contributed by atoms with Crippen LogP contribution >= 0.6 is 0 Å². The van der Waals surface area contributed by atoms with E-state index in [1.165, 1.54) is 24.3 Å². The van der Waals surface area contributed by atoms with Gasteiger partial charge in [-0.15, -0.1) is 0 Å². The number of hydrogen-bond donors (Lipinski definition) is 0. The Morgan fingerprint density at radius 3 is 0.958 bits per heavy atom. The van der Waals surface area contributed by atoms with Gasteiger partial charge in [-0.25, -0.2) is 0 Å². The second-order valence-corrected chi connectivity index (χ2v) is 4.72. The van der Waals surface area contributed by atoms with Crippen LogP contribution in [0.1, 0.15) is 0 Å². The fraction of sp³-hybridized carbons (Fsp3) is 0.286. The summed E-state index contributed by atoms with van der Waals surface area (Å²) >= 11 is 0. The van der Waals surface area contributed by atoms with Crippen molar-refractivity contribution in [1.82, 2.24) is 0 Å². The Hall–Kier alpha value is -3.30. The number of benzene rings is 1. The normalized spacial score (nSPS) is 10.0. The third kappa shape index (κ3) is 6.22. The van der Waals surface area contributed by atoms with E-state index in [9.17, 15) is 39.6 Å². The van der Waals surface area contributed by atoms with Crippen molar-refractivity contribution in [3.63, 3.8) is 0 Å². The van der Waals surface area contributed by atoms with Gasteiger partial charge in [-0.2, -0.15) is 0 Å². The molecule has 0 unspecified atom stereocenters. The fourth-order valence-corrected chi connectivity index (χ4v) is 1.97. The Bertz CT molecular complexity index is 541. The zero-order valence-electron chi connectivity index (χ0n) is 12.3. The van der Waals surface area contributed by atoms with E-state index in [4.69, 9.17) is 0 Å². The average molecular weight is 336 g/mol. The van der Waals surface area contributed by atoms with Crippen LogP contribution in [0.25, 0.3) is 0 Å². The van der Waals surface area contributed by atoms with E-state index in [0.717, 1.165) is 9.80 Å². The molecule has 0 fully saturated rings. The number of carbonyl (C=O) groups is 4. The SMILES string of the molecule is O=C([O-])CN(CC(=O)[O-])c1ccc(N(CC(=O)[O-])CC(=O)[O-])cc1. The van der Waals surface area contributed by atoms with Gasteiger partial charge in [-0.3, -0.25) is 0 Å². The van der Waals surface area contributed by atoms with Crippen LogP contribution in [0.4, 0.5) is 11.4 Å². The minimum Gasteiger partial charge on any atom is -0.548 e. The summed E-state index contributed by atoms with van der Waals surface area (Å²) in [7, 11) is 0. The molecular weight excluding hydrogens is 324 g/mol. The van der Waals surface area contributed by atoms with Crippen molar-refractivity contribution in [2.75, 3.05) is 36.0 Å². The zero-order valence-corrected chi connectivity index (χ0v) is 12.3. The number of carboxylic acids is 4. The molecule has 0 amide bonds. The molecule has 0 saturated carbocycles. The number of hydrogen-bond acceptors (Lipinski definition) is 10. The fourth-order valence-electron chi connectivity index (χ4n) is 1.97. The molecule has 1 aromatic carbocycles. The van der Waals surface area contributed by atoms with Gasteiger partial charge < -0.3 is 49.4 Å². The van der Waals surface area contributed by atoms with Crippen LogP contribution in [0.2, 0.25) is 0 Å². The first kappa shape index (κ1) is 18.7. The van der Waals surface area contributed by atoms with Crippen LogP contribution in [0.3, 0.4) is 0 Å². The van der Waals surface area contributed by atoms with Gasteiger partial charge in [0.15, 0.2) is 0 Å². The first-order valence-corrected chi connectivity index (χ1v) is 6.58. The lowest BCUT2D eigenvalue weighted by Crippen LogP contribution is -2.45. The zero-order chi connectivity index (χ0) is 18.3. The summed E-state index contributed by atoms with van der Waals surface area (Å²) in [6.45, 7) is -2.80. The number of nitrogens with zero attached hydrogens (tertiary/aromatic N) is 2. The number of aliphatic carboxylic acids is 4. The van der Waals surface area contributed by atoms with Crippen molar-refractivity contribution in [3.05, 3.63) is 24.3 Å². The van der Waals surface area contributed by atoms with Gasteiger partial charge in [0.05, 0.1) is 50.1 Å². The predicted octanol–water partition coefficient (Wildman–Crippen LogP) is -5.70. The van der Waals surface area contributed by atoms with Gasteiger partial charge in [0, 0.05) is 11.4 Å². The van der Waals surface area contributed by atoms with Gasteiger partial charge in [0.25, 0.3) is 0 Å². The molecule has 24 heavy (non-hydrogen) atoms. The number of carboxylic acid groups (broad SMARTS) is 4. The van der Waals surface area contributed by atoms with Crippen LogP contribution < -0.4 is 30.2 Å². The summed E-state index contributed by atoms with van der Waals surface area (Å²) in [6.07, 6.45) is 0. The van der Waals surface area contributed by atoms with E-state index >= 15 is 0 Å². The molecule has 0 heterocycles. The van der Waals surface area contributed by atoms with E-state index in [-0.39, 0.29) is 11.4 Å². The first-order valence-electron chi connectivity index (χ1n) is 6.58. The Labute approximate surface area is 136 Å². The van der Waals surface area contributed by atoms with Gasteiger partial charge in [0.1, 0.15) is 0 Å². The predicted molar refractivity (Wildman–Crippen MR) is 70.9 cm³/mol. The highest BCUT2D eigenvalue weighted by atomic mass is 16.4. The van der Waals surface area contributed by atoms with Gasteiger partial charge >= 0.3 is 0 Å². The van der Waals surface area contributed by atoms with Crippen molar-refractivity contribution >= 4 is 35.3 Å². The van der Waals surface area contributed by atoms with Crippen molar-refractivity contribution in [2.45, 2.75) is 0 Å². The molecule has 0 bridgehead atoms. The molecule has 0 saturated heterocycles. The molecule has 10 nitrogen and oxygen atoms in total. The monoisotopic (exact) mass is 336 g/mol. The molecule has 0 radical (unpaired) electrons. The lowest BCUT2D eigenvalue weighted by molar-refractivity contribution is -0.307. The molecule has 0 aliphatic heterocycles. The highest BCUT2D eigenvalue weighted by Crippen LogP contribution is 2.20. The Kier molecular flexibility index (Phi) is 6.53. The molecule has 0 N–H and O–H groups in total. The molecule has 0 atom stereocenters. The molecule has 1 rings (SSSR count). The van der Waals surface area contributed by atoms with Crippen LogP contribution in [0.15, 0.2) is 24.3 Å². The molecule has 10 heteroatoms. The lowest BCUT2D eigenvalue weighted by atomic mass is 10.2. The molecule has 0 aromatic heterocycles. The van der Waals surface area contributed by atoms with Crippen molar-refractivity contribution < 1.29 is 39.6 Å². The second-order valence-electron chi connectivity index (χ2n) is 4.72. The quantitative estimate of drug-likeness (QED) is 0.401. The third-order valence-electron chi connectivity index (χ3n) is 2.86. The lowest BCUT2D eigenvalue weighted by Gasteiger charge is -2.28.